The van der Waals surface area contributed by atoms with Gasteiger partial charge in [-0.3, -0.25) is 0 Å². The standard InChI is InChI=1S/C18H26FN3O2/c1-24-17-6-5-15(19)11-16(17)20-18(23)22-10-7-14(13-22)12-21-8-3-2-4-9-21/h5-6,11,14H,2-4,7-10,12-13H2,1H3,(H,20,23). The number of hydrogen-bond donors (Lipinski definition) is 1. The number of methoxy groups -OCH3 is 1. The zero-order valence-electron chi connectivity index (χ0n) is 14.3. The summed E-state index contributed by atoms with van der Waals surface area (Å²) >= 11 is 0. The van der Waals surface area contributed by atoms with E-state index in [1.165, 1.54) is 57.7 Å². The van der Waals surface area contributed by atoms with Gasteiger partial charge < -0.3 is 19.9 Å². The van der Waals surface area contributed by atoms with Crippen LogP contribution < -0.4 is 10.1 Å². The molecule has 1 aromatic carbocycles. The Labute approximate surface area is 142 Å². The highest BCUT2D eigenvalue weighted by molar-refractivity contribution is 5.91. The first kappa shape index (κ1) is 17.0. The number of benzene rings is 1. The molecular weight excluding hydrogens is 309 g/mol. The van der Waals surface area contributed by atoms with Gasteiger partial charge in [0.05, 0.1) is 12.8 Å². The Morgan fingerprint density at radius 2 is 2.08 bits per heavy atom. The highest BCUT2D eigenvalue weighted by atomic mass is 19.1. The van der Waals surface area contributed by atoms with Crippen LogP contribution in [0, 0.1) is 11.7 Å². The Kier molecular flexibility index (Phi) is 5.56. The number of carbonyl (C=O) groups excluding carboxylic acids is 1. The lowest BCUT2D eigenvalue weighted by atomic mass is 10.1. The molecule has 1 aromatic rings. The van der Waals surface area contributed by atoms with E-state index in [1.54, 1.807) is 0 Å². The SMILES string of the molecule is COc1ccc(F)cc1NC(=O)N1CCC(CN2CCCCC2)C1. The van der Waals surface area contributed by atoms with E-state index < -0.39 is 5.82 Å². The van der Waals surface area contributed by atoms with Crippen LogP contribution in [-0.4, -0.2) is 55.7 Å². The molecule has 132 valence electrons. The molecule has 2 aliphatic heterocycles. The van der Waals surface area contributed by atoms with Crippen LogP contribution in [0.3, 0.4) is 0 Å². The minimum absolute atomic E-state index is 0.181. The molecule has 0 aliphatic carbocycles. The average molecular weight is 335 g/mol. The summed E-state index contributed by atoms with van der Waals surface area (Å²) in [7, 11) is 1.51. The lowest BCUT2D eigenvalue weighted by Crippen LogP contribution is -2.37. The van der Waals surface area contributed by atoms with Gasteiger partial charge in [-0.25, -0.2) is 9.18 Å². The number of rotatable bonds is 4. The van der Waals surface area contributed by atoms with Crippen LogP contribution in [0.5, 0.6) is 5.75 Å². The van der Waals surface area contributed by atoms with Crippen LogP contribution in [0.1, 0.15) is 25.7 Å². The van der Waals surface area contributed by atoms with Crippen molar-refractivity contribution >= 4 is 11.7 Å². The Bertz CT molecular complexity index is 575. The smallest absolute Gasteiger partial charge is 0.321 e. The topological polar surface area (TPSA) is 44.8 Å². The molecule has 24 heavy (non-hydrogen) atoms. The number of carbonyl (C=O) groups is 1. The molecule has 1 unspecified atom stereocenters. The summed E-state index contributed by atoms with van der Waals surface area (Å²) in [4.78, 5) is 16.8. The van der Waals surface area contributed by atoms with Gasteiger partial charge in [-0.05, 0) is 50.4 Å². The van der Waals surface area contributed by atoms with Crippen molar-refractivity contribution in [3.63, 3.8) is 0 Å². The van der Waals surface area contributed by atoms with Gasteiger partial charge in [0.1, 0.15) is 11.6 Å². The minimum Gasteiger partial charge on any atom is -0.495 e. The highest BCUT2D eigenvalue weighted by Gasteiger charge is 2.28. The summed E-state index contributed by atoms with van der Waals surface area (Å²) in [6.07, 6.45) is 4.95. The number of hydrogen-bond acceptors (Lipinski definition) is 3. The van der Waals surface area contributed by atoms with Gasteiger partial charge in [-0.2, -0.15) is 0 Å². The first-order chi connectivity index (χ1) is 11.7. The van der Waals surface area contributed by atoms with Crippen LogP contribution >= 0.6 is 0 Å². The second-order valence-corrected chi connectivity index (χ2v) is 6.74. The summed E-state index contributed by atoms with van der Waals surface area (Å²) in [6.45, 7) is 4.96. The molecule has 0 radical (unpaired) electrons. The van der Waals surface area contributed by atoms with Gasteiger partial charge in [0, 0.05) is 25.7 Å². The quantitative estimate of drug-likeness (QED) is 0.919. The third-order valence-corrected chi connectivity index (χ3v) is 4.94. The average Bonchev–Trinajstić information content (AvgIpc) is 3.05. The maximum Gasteiger partial charge on any atom is 0.321 e. The second kappa shape index (κ2) is 7.83. The van der Waals surface area contributed by atoms with E-state index in [9.17, 15) is 9.18 Å². The van der Waals surface area contributed by atoms with Crippen LogP contribution in [0.4, 0.5) is 14.9 Å². The van der Waals surface area contributed by atoms with Crippen LogP contribution in [-0.2, 0) is 0 Å². The van der Waals surface area contributed by atoms with Gasteiger partial charge >= 0.3 is 6.03 Å². The first-order valence-corrected chi connectivity index (χ1v) is 8.77. The monoisotopic (exact) mass is 335 g/mol. The van der Waals surface area contributed by atoms with Crippen molar-refractivity contribution in [3.05, 3.63) is 24.0 Å². The molecule has 6 heteroatoms. The van der Waals surface area contributed by atoms with Crippen molar-refractivity contribution < 1.29 is 13.9 Å². The predicted octanol–water partition coefficient (Wildman–Crippen LogP) is 3.17. The molecule has 2 saturated heterocycles. The molecule has 2 fully saturated rings. The van der Waals surface area contributed by atoms with E-state index in [2.05, 4.69) is 10.2 Å². The molecule has 3 rings (SSSR count). The van der Waals surface area contributed by atoms with Gasteiger partial charge in [0.25, 0.3) is 0 Å². The number of amides is 2. The Hall–Kier alpha value is -1.82. The molecule has 0 spiro atoms. The van der Waals surface area contributed by atoms with Crippen LogP contribution in [0.25, 0.3) is 0 Å². The molecule has 0 aromatic heterocycles. The molecule has 0 saturated carbocycles. The van der Waals surface area contributed by atoms with Gasteiger partial charge in [-0.15, -0.1) is 0 Å². The Balaban J connectivity index is 1.53. The summed E-state index contributed by atoms with van der Waals surface area (Å²) in [5, 5.41) is 2.78. The number of urea groups is 1. The highest BCUT2D eigenvalue weighted by Crippen LogP contribution is 2.26. The van der Waals surface area contributed by atoms with Crippen molar-refractivity contribution in [1.82, 2.24) is 9.80 Å². The number of piperidine rings is 1. The Morgan fingerprint density at radius 1 is 1.29 bits per heavy atom. The maximum absolute atomic E-state index is 13.4. The van der Waals surface area contributed by atoms with Crippen molar-refractivity contribution in [3.8, 4) is 5.75 Å². The van der Waals surface area contributed by atoms with Crippen molar-refractivity contribution in [2.75, 3.05) is 45.2 Å². The zero-order chi connectivity index (χ0) is 16.9. The van der Waals surface area contributed by atoms with E-state index in [-0.39, 0.29) is 6.03 Å². The Morgan fingerprint density at radius 3 is 2.83 bits per heavy atom. The van der Waals surface area contributed by atoms with E-state index >= 15 is 0 Å². The number of anilines is 1. The van der Waals surface area contributed by atoms with Gasteiger partial charge in [-0.1, -0.05) is 6.42 Å². The van der Waals surface area contributed by atoms with E-state index in [1.807, 2.05) is 4.90 Å². The van der Waals surface area contributed by atoms with Crippen molar-refractivity contribution in [2.24, 2.45) is 5.92 Å². The number of ether oxygens (including phenoxy) is 1. The van der Waals surface area contributed by atoms with Gasteiger partial charge in [0.15, 0.2) is 0 Å². The molecule has 2 amide bonds. The minimum atomic E-state index is -0.393. The van der Waals surface area contributed by atoms with E-state index in [0.717, 1.165) is 26.1 Å². The summed E-state index contributed by atoms with van der Waals surface area (Å²) in [5.41, 5.74) is 0.377. The zero-order valence-corrected chi connectivity index (χ0v) is 14.3. The lowest BCUT2D eigenvalue weighted by Gasteiger charge is -2.29. The summed E-state index contributed by atoms with van der Waals surface area (Å²) in [6, 6.07) is 3.95. The maximum atomic E-state index is 13.4. The molecule has 5 nitrogen and oxygen atoms in total. The second-order valence-electron chi connectivity index (χ2n) is 6.74. The molecule has 2 aliphatic rings. The molecule has 1 atom stereocenters. The normalized spacial score (nSPS) is 21.8. The molecule has 2 heterocycles. The third kappa shape index (κ3) is 4.17. The number of nitrogens with one attached hydrogen (secondary N) is 1. The fraction of sp³-hybridized carbons (Fsp3) is 0.611. The number of nitrogens with zero attached hydrogens (tertiary/aromatic N) is 2. The predicted molar refractivity (Wildman–Crippen MR) is 91.9 cm³/mol. The van der Waals surface area contributed by atoms with Crippen LogP contribution in [0.2, 0.25) is 0 Å². The summed E-state index contributed by atoms with van der Waals surface area (Å²) in [5.74, 6) is 0.604. The molecule has 1 N–H and O–H groups in total. The lowest BCUT2D eigenvalue weighted by molar-refractivity contribution is 0.192. The largest absolute Gasteiger partial charge is 0.495 e. The first-order valence-electron chi connectivity index (χ1n) is 8.77. The molecule has 0 bridgehead atoms. The van der Waals surface area contributed by atoms with Crippen molar-refractivity contribution in [1.29, 1.82) is 0 Å². The van der Waals surface area contributed by atoms with E-state index in [0.29, 0.717) is 17.4 Å². The number of likely N-dealkylation sites (tertiary alicyclic amines) is 2. The van der Waals surface area contributed by atoms with Crippen molar-refractivity contribution in [2.45, 2.75) is 25.7 Å². The van der Waals surface area contributed by atoms with E-state index in [4.69, 9.17) is 4.74 Å². The fourth-order valence-electron chi connectivity index (χ4n) is 3.65. The number of halogens is 1. The summed E-state index contributed by atoms with van der Waals surface area (Å²) < 4.78 is 18.6. The third-order valence-electron chi connectivity index (χ3n) is 4.94. The fourth-order valence-corrected chi connectivity index (χ4v) is 3.65. The van der Waals surface area contributed by atoms with Gasteiger partial charge in [0.2, 0.25) is 0 Å². The molecular formula is C18H26FN3O2. The van der Waals surface area contributed by atoms with Crippen LogP contribution in [0.15, 0.2) is 18.2 Å².